The van der Waals surface area contributed by atoms with Gasteiger partial charge in [-0.3, -0.25) is 0 Å². The highest BCUT2D eigenvalue weighted by atomic mass is 16.6. The molecule has 0 spiro atoms. The van der Waals surface area contributed by atoms with Crippen LogP contribution in [0, 0.1) is 0 Å². The lowest BCUT2D eigenvalue weighted by Gasteiger charge is -2.33. The minimum Gasteiger partial charge on any atom is -0.547 e. The van der Waals surface area contributed by atoms with Crippen LogP contribution < -0.4 is 30.9 Å². The second-order valence-electron chi connectivity index (χ2n) is 11.0. The number of piperidine rings is 2. The van der Waals surface area contributed by atoms with Crippen LogP contribution >= 0.6 is 0 Å². The lowest BCUT2D eigenvalue weighted by molar-refractivity contribution is -0.318. The maximum atomic E-state index is 12.1. The molecule has 18 nitrogen and oxygen atoms in total. The number of carboxylic acids is 1. The van der Waals surface area contributed by atoms with Crippen molar-refractivity contribution in [2.24, 2.45) is 0 Å². The molecule has 2 atom stereocenters. The van der Waals surface area contributed by atoms with Crippen LogP contribution in [0.5, 0.6) is 0 Å². The number of fused-ring (bicyclic) bond motifs is 1. The molecule has 0 aromatic carbocycles. The molecule has 2 aromatic rings. The number of aliphatic hydroxyl groups excluding tert-OH is 5. The van der Waals surface area contributed by atoms with Crippen molar-refractivity contribution in [3.63, 3.8) is 0 Å². The Balaban J connectivity index is 0.00000576. The molecule has 0 bridgehead atoms. The van der Waals surface area contributed by atoms with Gasteiger partial charge < -0.3 is 65.9 Å². The van der Waals surface area contributed by atoms with Gasteiger partial charge in [0.1, 0.15) is 23.7 Å². The van der Waals surface area contributed by atoms with Crippen LogP contribution in [0.25, 0.3) is 11.0 Å². The molecule has 4 heterocycles. The molecule has 2 saturated heterocycles. The van der Waals surface area contributed by atoms with Gasteiger partial charge >= 0.3 is 5.97 Å². The number of anilines is 4. The van der Waals surface area contributed by atoms with Gasteiger partial charge in [-0.05, 0) is 38.5 Å². The first-order valence-electron chi connectivity index (χ1n) is 15.4. The highest BCUT2D eigenvalue weighted by molar-refractivity contribution is 5.95. The Kier molecular flexibility index (Phi) is 14.3. The standard InChI is InChI=1S/C28H44N8O9.H3N/c37-15-11-35(12-16-38)27-29-19-20(23(31-27)33-7-3-1-4-8-33)30-28(32-24(19)34-9-5-2-6-10-34)36(13-17-39)14-18-45-26(44)22(41)21(40)25(42)43;/h21-22,37-41H,1-18H2,(H,42,43);1H3/t21-,22-;/m0./s1. The van der Waals surface area contributed by atoms with Crippen molar-refractivity contribution in [2.45, 2.75) is 50.7 Å². The lowest BCUT2D eigenvalue weighted by atomic mass is 10.1. The first-order valence-corrected chi connectivity index (χ1v) is 15.4. The molecule has 2 aliphatic rings. The normalized spacial score (nSPS) is 16.5. The third-order valence-corrected chi connectivity index (χ3v) is 7.86. The SMILES string of the molecule is O=C([O-])[C@@H](O)[C@H](O)C(=O)OCCN(CCO)c1nc(N2CCCCC2)c2nc(N(CCO)CCO)nc(N3CCCCC3)c2n1.[NH4+]. The number of esters is 1. The number of carbonyl (C=O) groups excluding carboxylic acids is 2. The summed E-state index contributed by atoms with van der Waals surface area (Å²) < 4.78 is 5.01. The van der Waals surface area contributed by atoms with E-state index in [9.17, 15) is 40.2 Å². The number of aliphatic hydroxyl groups is 5. The van der Waals surface area contributed by atoms with Crippen molar-refractivity contribution >= 4 is 46.5 Å². The molecule has 0 unspecified atom stereocenters. The number of rotatable bonds is 16. The van der Waals surface area contributed by atoms with Crippen molar-refractivity contribution in [2.75, 3.05) is 98.4 Å². The highest BCUT2D eigenvalue weighted by Gasteiger charge is 2.29. The molecular weight excluding hydrogens is 606 g/mol. The number of carbonyl (C=O) groups is 2. The monoisotopic (exact) mass is 653 g/mol. The number of carboxylic acid groups (broad SMARTS) is 1. The minimum atomic E-state index is -2.44. The number of quaternary nitrogens is 1. The zero-order valence-corrected chi connectivity index (χ0v) is 26.3. The molecule has 2 fully saturated rings. The van der Waals surface area contributed by atoms with E-state index in [0.717, 1.165) is 64.7 Å². The summed E-state index contributed by atoms with van der Waals surface area (Å²) in [5.41, 5.74) is 1.01. The summed E-state index contributed by atoms with van der Waals surface area (Å²) in [6.07, 6.45) is 1.25. The summed E-state index contributed by atoms with van der Waals surface area (Å²) >= 11 is 0. The first kappa shape index (κ1) is 36.8. The molecule has 4 rings (SSSR count). The maximum absolute atomic E-state index is 12.1. The molecule has 2 aliphatic heterocycles. The van der Waals surface area contributed by atoms with E-state index in [1.807, 2.05) is 0 Å². The van der Waals surface area contributed by atoms with Gasteiger partial charge in [-0.1, -0.05) is 0 Å². The second-order valence-corrected chi connectivity index (χ2v) is 11.0. The van der Waals surface area contributed by atoms with E-state index in [1.54, 1.807) is 9.80 Å². The summed E-state index contributed by atoms with van der Waals surface area (Å²) in [6.45, 7) is 2.53. The summed E-state index contributed by atoms with van der Waals surface area (Å²) in [6, 6.07) is 0. The van der Waals surface area contributed by atoms with Crippen molar-refractivity contribution < 1.29 is 45.0 Å². The van der Waals surface area contributed by atoms with Gasteiger partial charge in [0.15, 0.2) is 17.7 Å². The van der Waals surface area contributed by atoms with Crippen LogP contribution in [0.3, 0.4) is 0 Å². The third kappa shape index (κ3) is 8.98. The number of ether oxygens (including phenoxy) is 1. The molecule has 0 amide bonds. The largest absolute Gasteiger partial charge is 0.547 e. The predicted octanol–water partition coefficient (Wildman–Crippen LogP) is -2.62. The van der Waals surface area contributed by atoms with Gasteiger partial charge in [0, 0.05) is 45.8 Å². The van der Waals surface area contributed by atoms with E-state index in [-0.39, 0.29) is 64.7 Å². The van der Waals surface area contributed by atoms with Gasteiger partial charge in [0.2, 0.25) is 11.9 Å². The van der Waals surface area contributed by atoms with Gasteiger partial charge in [-0.15, -0.1) is 0 Å². The van der Waals surface area contributed by atoms with Crippen molar-refractivity contribution in [1.82, 2.24) is 26.1 Å². The van der Waals surface area contributed by atoms with Crippen LogP contribution in [0.1, 0.15) is 38.5 Å². The van der Waals surface area contributed by atoms with Crippen LogP contribution in [0.15, 0.2) is 0 Å². The van der Waals surface area contributed by atoms with Crippen LogP contribution in [0.2, 0.25) is 0 Å². The van der Waals surface area contributed by atoms with Gasteiger partial charge in [-0.2, -0.15) is 9.97 Å². The first-order chi connectivity index (χ1) is 21.8. The average Bonchev–Trinajstić information content (AvgIpc) is 3.06. The summed E-state index contributed by atoms with van der Waals surface area (Å²) in [7, 11) is 0. The molecule has 2 aromatic heterocycles. The summed E-state index contributed by atoms with van der Waals surface area (Å²) in [4.78, 5) is 50.1. The Labute approximate surface area is 266 Å². The van der Waals surface area contributed by atoms with E-state index in [1.165, 1.54) is 0 Å². The maximum Gasteiger partial charge on any atom is 0.338 e. The van der Waals surface area contributed by atoms with E-state index in [4.69, 9.17) is 24.7 Å². The van der Waals surface area contributed by atoms with Crippen LogP contribution in [-0.4, -0.2) is 148 Å². The number of aromatic nitrogens is 4. The topological polar surface area (TPSA) is 269 Å². The fourth-order valence-corrected chi connectivity index (χ4v) is 5.48. The van der Waals surface area contributed by atoms with Gasteiger partial charge in [0.25, 0.3) is 0 Å². The second kappa shape index (κ2) is 17.9. The molecular formula is C28H47N9O9. The Bertz CT molecular complexity index is 1270. The quantitative estimate of drug-likeness (QED) is 0.101. The van der Waals surface area contributed by atoms with E-state index in [2.05, 4.69) is 9.80 Å². The fraction of sp³-hybridized carbons (Fsp3) is 0.714. The Morgan fingerprint density at radius 2 is 1.11 bits per heavy atom. The fourth-order valence-electron chi connectivity index (χ4n) is 5.48. The molecule has 9 N–H and O–H groups in total. The van der Waals surface area contributed by atoms with E-state index in [0.29, 0.717) is 28.6 Å². The molecule has 0 saturated carbocycles. The summed E-state index contributed by atoms with van der Waals surface area (Å²) in [5, 5.41) is 59.3. The van der Waals surface area contributed by atoms with E-state index >= 15 is 0 Å². The minimum absolute atomic E-state index is 0. The zero-order chi connectivity index (χ0) is 32.3. The number of hydrogen-bond donors (Lipinski definition) is 6. The van der Waals surface area contributed by atoms with Crippen LogP contribution in [-0.2, 0) is 14.3 Å². The number of nitrogens with zero attached hydrogens (tertiary/aromatic N) is 8. The highest BCUT2D eigenvalue weighted by Crippen LogP contribution is 2.34. The Hall–Kier alpha value is -3.68. The van der Waals surface area contributed by atoms with Gasteiger partial charge in [0.05, 0.1) is 32.3 Å². The molecule has 18 heteroatoms. The zero-order valence-electron chi connectivity index (χ0n) is 26.3. The molecule has 0 aliphatic carbocycles. The van der Waals surface area contributed by atoms with Crippen molar-refractivity contribution in [1.29, 1.82) is 0 Å². The third-order valence-electron chi connectivity index (χ3n) is 7.86. The van der Waals surface area contributed by atoms with Gasteiger partial charge in [-0.25, -0.2) is 14.8 Å². The van der Waals surface area contributed by atoms with Crippen molar-refractivity contribution in [3.8, 4) is 0 Å². The predicted molar refractivity (Wildman–Crippen MR) is 167 cm³/mol. The number of aliphatic carboxylic acids is 1. The van der Waals surface area contributed by atoms with E-state index < -0.39 is 24.1 Å². The average molecular weight is 654 g/mol. The molecule has 46 heavy (non-hydrogen) atoms. The molecule has 258 valence electrons. The lowest BCUT2D eigenvalue weighted by Crippen LogP contribution is -2.47. The smallest absolute Gasteiger partial charge is 0.338 e. The number of hydrogen-bond acceptors (Lipinski definition) is 17. The van der Waals surface area contributed by atoms with Crippen molar-refractivity contribution in [3.05, 3.63) is 0 Å². The summed E-state index contributed by atoms with van der Waals surface area (Å²) in [5.74, 6) is -1.63. The molecule has 0 radical (unpaired) electrons. The van der Waals surface area contributed by atoms with Crippen LogP contribution in [0.4, 0.5) is 23.5 Å². The Morgan fingerprint density at radius 1 is 0.696 bits per heavy atom. The Morgan fingerprint density at radius 3 is 1.50 bits per heavy atom.